The van der Waals surface area contributed by atoms with E-state index in [-0.39, 0.29) is 22.6 Å². The van der Waals surface area contributed by atoms with Gasteiger partial charge in [-0.25, -0.2) is 14.8 Å². The van der Waals surface area contributed by atoms with Gasteiger partial charge in [0.2, 0.25) is 0 Å². The van der Waals surface area contributed by atoms with Gasteiger partial charge in [0.25, 0.3) is 5.56 Å². The number of hydrogen-bond donors (Lipinski definition) is 3. The second-order valence-corrected chi connectivity index (χ2v) is 9.36. The fourth-order valence-electron chi connectivity index (χ4n) is 4.66. The number of aromatic amines is 1. The summed E-state index contributed by atoms with van der Waals surface area (Å²) in [5.74, 6) is 0.732. The molecule has 0 bridgehead atoms. The zero-order valence-electron chi connectivity index (χ0n) is 19.3. The Labute approximate surface area is 223 Å². The first-order valence-corrected chi connectivity index (χ1v) is 12.1. The Morgan fingerprint density at radius 2 is 2.00 bits per heavy atom. The maximum Gasteiger partial charge on any atom is 0.410 e. The molecular weight excluding hydrogens is 533 g/mol. The minimum absolute atomic E-state index is 0.187. The minimum atomic E-state index is -1.21. The van der Waals surface area contributed by atoms with Crippen LogP contribution < -0.4 is 10.9 Å². The number of imidazole rings is 1. The maximum absolute atomic E-state index is 13.4. The Balaban J connectivity index is 1.35. The van der Waals surface area contributed by atoms with Gasteiger partial charge in [-0.1, -0.05) is 23.2 Å². The van der Waals surface area contributed by atoms with E-state index in [1.807, 2.05) is 6.07 Å². The molecule has 1 aliphatic heterocycles. The van der Waals surface area contributed by atoms with Crippen molar-refractivity contribution in [3.05, 3.63) is 87.0 Å². The lowest BCUT2D eigenvalue weighted by atomic mass is 10.0. The molecule has 0 unspecified atom stereocenters. The molecule has 3 N–H and O–H groups in total. The third-order valence-electron chi connectivity index (χ3n) is 6.28. The molecular formula is C24H17Cl2N9O3. The number of aromatic nitrogens is 8. The zero-order chi connectivity index (χ0) is 26.4. The fraction of sp³-hybridized carbons (Fsp3) is 0.125. The number of carboxylic acid groups (broad SMARTS) is 1. The number of benzene rings is 1. The van der Waals surface area contributed by atoms with Gasteiger partial charge in [-0.2, -0.15) is 4.68 Å². The van der Waals surface area contributed by atoms with Gasteiger partial charge in [0.05, 0.1) is 17.4 Å². The first-order valence-electron chi connectivity index (χ1n) is 11.4. The van der Waals surface area contributed by atoms with Gasteiger partial charge in [-0.15, -0.1) is 5.10 Å². The molecule has 0 saturated heterocycles. The number of carbonyl (C=O) groups is 1. The Morgan fingerprint density at radius 3 is 2.74 bits per heavy atom. The first-order chi connectivity index (χ1) is 18.4. The van der Waals surface area contributed by atoms with Crippen LogP contribution in [0.25, 0.3) is 28.1 Å². The SMILES string of the molecule is O=C(O)Nc1ccc(-c2[nH]c([C@@H]3CCc4cc(-c5cc(Cl)ccc5-n5cnnn5)cc(=O)n43)nc2Cl)cn1. The van der Waals surface area contributed by atoms with E-state index in [4.69, 9.17) is 28.3 Å². The number of halogens is 2. The molecule has 1 amide bonds. The number of H-pyrrole nitrogens is 1. The molecule has 0 radical (unpaired) electrons. The summed E-state index contributed by atoms with van der Waals surface area (Å²) in [4.78, 5) is 36.0. The minimum Gasteiger partial charge on any atom is -0.465 e. The molecule has 1 aliphatic rings. The molecule has 1 atom stereocenters. The summed E-state index contributed by atoms with van der Waals surface area (Å²) in [6.45, 7) is 0. The number of amides is 1. The Bertz CT molecular complexity index is 1730. The van der Waals surface area contributed by atoms with Crippen molar-refractivity contribution in [1.82, 2.24) is 39.7 Å². The van der Waals surface area contributed by atoms with Crippen molar-refractivity contribution in [2.24, 2.45) is 0 Å². The lowest BCUT2D eigenvalue weighted by molar-refractivity contribution is 0.209. The zero-order valence-corrected chi connectivity index (χ0v) is 20.8. The van der Waals surface area contributed by atoms with Crippen molar-refractivity contribution in [2.45, 2.75) is 18.9 Å². The topological polar surface area (TPSA) is 156 Å². The summed E-state index contributed by atoms with van der Waals surface area (Å²) in [5.41, 5.74) is 3.93. The highest BCUT2D eigenvalue weighted by molar-refractivity contribution is 6.32. The number of nitrogens with zero attached hydrogens (tertiary/aromatic N) is 7. The summed E-state index contributed by atoms with van der Waals surface area (Å²) >= 11 is 12.7. The van der Waals surface area contributed by atoms with Gasteiger partial charge in [0.15, 0.2) is 5.15 Å². The predicted octanol–water partition coefficient (Wildman–Crippen LogP) is 4.21. The molecule has 12 nitrogen and oxygen atoms in total. The molecule has 5 heterocycles. The monoisotopic (exact) mass is 549 g/mol. The number of pyridine rings is 2. The van der Waals surface area contributed by atoms with Crippen LogP contribution in [0.4, 0.5) is 10.6 Å². The highest BCUT2D eigenvalue weighted by Crippen LogP contribution is 2.36. The second-order valence-electron chi connectivity index (χ2n) is 8.56. The second kappa shape index (κ2) is 9.39. The average Bonchev–Trinajstić information content (AvgIpc) is 3.64. The molecule has 0 spiro atoms. The van der Waals surface area contributed by atoms with E-state index in [1.54, 1.807) is 34.9 Å². The van der Waals surface area contributed by atoms with Gasteiger partial charge < -0.3 is 14.7 Å². The number of tetrazole rings is 1. The lowest BCUT2D eigenvalue weighted by Gasteiger charge is -2.15. The van der Waals surface area contributed by atoms with Crippen molar-refractivity contribution >= 4 is 35.1 Å². The third-order valence-corrected chi connectivity index (χ3v) is 6.79. The fourth-order valence-corrected chi connectivity index (χ4v) is 5.08. The van der Waals surface area contributed by atoms with Crippen LogP contribution in [0.15, 0.2) is 59.8 Å². The van der Waals surface area contributed by atoms with Gasteiger partial charge in [0.1, 0.15) is 18.0 Å². The molecule has 4 aromatic heterocycles. The Morgan fingerprint density at radius 1 is 1.13 bits per heavy atom. The van der Waals surface area contributed by atoms with E-state index in [1.165, 1.54) is 23.3 Å². The third kappa shape index (κ3) is 4.29. The number of rotatable bonds is 5. The average molecular weight is 550 g/mol. The highest BCUT2D eigenvalue weighted by Gasteiger charge is 2.29. The van der Waals surface area contributed by atoms with Gasteiger partial charge in [-0.3, -0.25) is 10.1 Å². The summed E-state index contributed by atoms with van der Waals surface area (Å²) < 4.78 is 3.23. The quantitative estimate of drug-likeness (QED) is 0.294. The van der Waals surface area contributed by atoms with E-state index in [2.05, 4.69) is 35.8 Å². The summed E-state index contributed by atoms with van der Waals surface area (Å²) in [6.07, 6.45) is 3.06. The largest absolute Gasteiger partial charge is 0.465 e. The summed E-state index contributed by atoms with van der Waals surface area (Å²) in [7, 11) is 0. The van der Waals surface area contributed by atoms with Crippen LogP contribution in [0.1, 0.15) is 24.0 Å². The molecule has 0 saturated carbocycles. The van der Waals surface area contributed by atoms with E-state index in [0.29, 0.717) is 46.2 Å². The van der Waals surface area contributed by atoms with Crippen LogP contribution in [-0.2, 0) is 6.42 Å². The molecule has 6 rings (SSSR count). The van der Waals surface area contributed by atoms with Crippen molar-refractivity contribution in [3.8, 4) is 28.1 Å². The van der Waals surface area contributed by atoms with Crippen LogP contribution in [0.3, 0.4) is 0 Å². The van der Waals surface area contributed by atoms with E-state index in [9.17, 15) is 9.59 Å². The molecule has 1 aromatic carbocycles. The van der Waals surface area contributed by atoms with Gasteiger partial charge in [-0.05, 0) is 65.2 Å². The van der Waals surface area contributed by atoms with Crippen molar-refractivity contribution in [2.75, 3.05) is 5.32 Å². The van der Waals surface area contributed by atoms with E-state index >= 15 is 0 Å². The smallest absolute Gasteiger partial charge is 0.410 e. The number of anilines is 1. The van der Waals surface area contributed by atoms with Crippen molar-refractivity contribution in [3.63, 3.8) is 0 Å². The number of fused-ring (bicyclic) bond motifs is 1. The molecule has 190 valence electrons. The molecule has 38 heavy (non-hydrogen) atoms. The predicted molar refractivity (Wildman–Crippen MR) is 139 cm³/mol. The highest BCUT2D eigenvalue weighted by atomic mass is 35.5. The molecule has 0 fully saturated rings. The summed E-state index contributed by atoms with van der Waals surface area (Å²) in [6, 6.07) is 11.7. The van der Waals surface area contributed by atoms with E-state index < -0.39 is 6.09 Å². The number of nitrogens with one attached hydrogen (secondary N) is 2. The Hall–Kier alpha value is -4.55. The molecule has 0 aliphatic carbocycles. The van der Waals surface area contributed by atoms with Crippen molar-refractivity contribution in [1.29, 1.82) is 0 Å². The molecule has 14 heteroatoms. The van der Waals surface area contributed by atoms with E-state index in [0.717, 1.165) is 11.3 Å². The Kier molecular flexibility index (Phi) is 5.89. The maximum atomic E-state index is 13.4. The standard InChI is InChI=1S/C24H17Cl2N9O3/c25-14-2-4-17(34-11-28-32-33-34)16(9-14)13-7-15-3-5-18(35(15)20(36)8-13)23-30-21(22(26)31-23)12-1-6-19(27-10-12)29-24(37)38/h1-2,4,6-11,18H,3,5H2,(H,27,29)(H,30,31)(H,37,38)/t18-/m0/s1. The number of hydrogen-bond acceptors (Lipinski definition) is 7. The van der Waals surface area contributed by atoms with Crippen LogP contribution >= 0.6 is 23.2 Å². The summed E-state index contributed by atoms with van der Waals surface area (Å²) in [5, 5.41) is 23.2. The van der Waals surface area contributed by atoms with Crippen LogP contribution in [-0.4, -0.2) is 50.9 Å². The molecule has 5 aromatic rings. The van der Waals surface area contributed by atoms with Crippen LogP contribution in [0.5, 0.6) is 0 Å². The van der Waals surface area contributed by atoms with Crippen LogP contribution in [0.2, 0.25) is 10.2 Å². The van der Waals surface area contributed by atoms with Crippen LogP contribution in [0, 0.1) is 0 Å². The number of aryl methyl sites for hydroxylation is 1. The normalized spacial score (nSPS) is 14.4. The van der Waals surface area contributed by atoms with Gasteiger partial charge in [0, 0.05) is 34.1 Å². The lowest BCUT2D eigenvalue weighted by Crippen LogP contribution is -2.24. The van der Waals surface area contributed by atoms with Gasteiger partial charge >= 0.3 is 6.09 Å². The first kappa shape index (κ1) is 23.8. The van der Waals surface area contributed by atoms with Crippen molar-refractivity contribution < 1.29 is 9.90 Å².